The van der Waals surface area contributed by atoms with Crippen LogP contribution in [0.3, 0.4) is 0 Å². The van der Waals surface area contributed by atoms with Gasteiger partial charge in [0.05, 0.1) is 6.10 Å². The Hall–Kier alpha value is -2.86. The van der Waals surface area contributed by atoms with E-state index in [0.717, 1.165) is 41.5 Å². The van der Waals surface area contributed by atoms with Crippen LogP contribution in [-0.2, 0) is 9.53 Å². The number of amides is 1. The Balaban J connectivity index is 1.45. The Labute approximate surface area is 175 Å². The summed E-state index contributed by atoms with van der Waals surface area (Å²) in [5, 5.41) is 22.5. The van der Waals surface area contributed by atoms with Crippen molar-refractivity contribution in [3.8, 4) is 11.1 Å². The molecule has 0 aliphatic heterocycles. The molecule has 3 unspecified atom stereocenters. The fraction of sp³-hybridized carbons (Fsp3) is 0.417. The van der Waals surface area contributed by atoms with Crippen molar-refractivity contribution < 1.29 is 24.5 Å². The van der Waals surface area contributed by atoms with Gasteiger partial charge in [-0.2, -0.15) is 0 Å². The van der Waals surface area contributed by atoms with Crippen LogP contribution in [0.15, 0.2) is 48.5 Å². The zero-order valence-corrected chi connectivity index (χ0v) is 16.8. The largest absolute Gasteiger partial charge is 0.480 e. The molecule has 0 heterocycles. The Bertz CT molecular complexity index is 882. The van der Waals surface area contributed by atoms with Gasteiger partial charge in [0, 0.05) is 11.8 Å². The van der Waals surface area contributed by atoms with E-state index in [-0.39, 0.29) is 12.5 Å². The number of nitrogens with one attached hydrogen (secondary N) is 1. The number of hydrogen-bond acceptors (Lipinski definition) is 4. The number of alkyl carbamates (subject to hydrolysis) is 1. The molecule has 2 aromatic carbocycles. The van der Waals surface area contributed by atoms with Gasteiger partial charge >= 0.3 is 12.1 Å². The minimum atomic E-state index is -1.16. The fourth-order valence-corrected chi connectivity index (χ4v) is 4.82. The number of aliphatic carboxylic acids is 1. The zero-order chi connectivity index (χ0) is 21.1. The number of ether oxygens (including phenoxy) is 1. The second-order valence-corrected chi connectivity index (χ2v) is 8.16. The lowest BCUT2D eigenvalue weighted by Gasteiger charge is -2.27. The lowest BCUT2D eigenvalue weighted by atomic mass is 9.89. The van der Waals surface area contributed by atoms with Crippen LogP contribution in [0, 0.1) is 5.92 Å². The minimum Gasteiger partial charge on any atom is -0.480 e. The van der Waals surface area contributed by atoms with E-state index in [9.17, 15) is 19.8 Å². The number of fused-ring (bicyclic) bond motifs is 3. The number of benzene rings is 2. The second-order valence-electron chi connectivity index (χ2n) is 8.16. The maximum absolute atomic E-state index is 12.5. The molecule has 30 heavy (non-hydrogen) atoms. The number of carbonyl (C=O) groups excluding carboxylic acids is 1. The molecular weight excluding hydrogens is 382 g/mol. The van der Waals surface area contributed by atoms with Gasteiger partial charge in [0.1, 0.15) is 12.6 Å². The number of carboxylic acids is 1. The van der Waals surface area contributed by atoms with Gasteiger partial charge in [-0.1, -0.05) is 67.8 Å². The maximum Gasteiger partial charge on any atom is 0.407 e. The highest BCUT2D eigenvalue weighted by molar-refractivity contribution is 5.81. The molecule has 158 valence electrons. The number of aliphatic hydroxyl groups is 1. The molecule has 1 saturated carbocycles. The third-order valence-electron chi connectivity index (χ3n) is 6.34. The highest BCUT2D eigenvalue weighted by Crippen LogP contribution is 2.44. The summed E-state index contributed by atoms with van der Waals surface area (Å²) in [5.41, 5.74) is 4.46. The summed E-state index contributed by atoms with van der Waals surface area (Å²) < 4.78 is 5.48. The van der Waals surface area contributed by atoms with Crippen LogP contribution in [-0.4, -0.2) is 41.0 Å². The lowest BCUT2D eigenvalue weighted by molar-refractivity contribution is -0.142. The van der Waals surface area contributed by atoms with Crippen molar-refractivity contribution >= 4 is 12.1 Å². The minimum absolute atomic E-state index is 0.0881. The molecule has 6 nitrogen and oxygen atoms in total. The van der Waals surface area contributed by atoms with Gasteiger partial charge in [0.2, 0.25) is 0 Å². The highest BCUT2D eigenvalue weighted by atomic mass is 16.5. The standard InChI is InChI=1S/C24H27NO5/c26-21-13-3-1-2-12-19(21)22(23(27)28)25-24(29)30-14-20-17-10-6-4-8-15(17)16-9-5-7-11-18(16)20/h4-11,19-22,26H,1-3,12-14H2,(H,25,29)(H,27,28). The van der Waals surface area contributed by atoms with Gasteiger partial charge in [-0.15, -0.1) is 0 Å². The number of rotatable bonds is 5. The van der Waals surface area contributed by atoms with Crippen LogP contribution in [0.2, 0.25) is 0 Å². The average Bonchev–Trinajstić information content (AvgIpc) is 2.91. The molecular formula is C24H27NO5. The second kappa shape index (κ2) is 8.88. The summed E-state index contributed by atoms with van der Waals surface area (Å²) in [5.74, 6) is -1.74. The van der Waals surface area contributed by atoms with Crippen molar-refractivity contribution in [3.05, 3.63) is 59.7 Å². The van der Waals surface area contributed by atoms with Crippen LogP contribution in [0.4, 0.5) is 4.79 Å². The smallest absolute Gasteiger partial charge is 0.407 e. The molecule has 2 aliphatic carbocycles. The first-order chi connectivity index (χ1) is 14.6. The van der Waals surface area contributed by atoms with Gasteiger partial charge < -0.3 is 20.3 Å². The van der Waals surface area contributed by atoms with E-state index in [1.54, 1.807) is 0 Å². The molecule has 0 bridgehead atoms. The first-order valence-electron chi connectivity index (χ1n) is 10.6. The molecule has 0 aromatic heterocycles. The third kappa shape index (κ3) is 4.05. The summed E-state index contributed by atoms with van der Waals surface area (Å²) >= 11 is 0. The highest BCUT2D eigenvalue weighted by Gasteiger charge is 2.36. The number of aliphatic hydroxyl groups excluding tert-OH is 1. The molecule has 4 rings (SSSR count). The summed E-state index contributed by atoms with van der Waals surface area (Å²) in [6.45, 7) is 0.124. The Morgan fingerprint density at radius 1 is 0.967 bits per heavy atom. The number of carbonyl (C=O) groups is 2. The average molecular weight is 409 g/mol. The Morgan fingerprint density at radius 3 is 2.20 bits per heavy atom. The van der Waals surface area contributed by atoms with E-state index >= 15 is 0 Å². The Morgan fingerprint density at radius 2 is 1.57 bits per heavy atom. The first-order valence-corrected chi connectivity index (χ1v) is 10.6. The van der Waals surface area contributed by atoms with E-state index in [0.29, 0.717) is 12.8 Å². The lowest BCUT2D eigenvalue weighted by Crippen LogP contribution is -2.49. The topological polar surface area (TPSA) is 95.9 Å². The van der Waals surface area contributed by atoms with Gasteiger partial charge in [-0.05, 0) is 35.1 Å². The molecule has 2 aromatic rings. The normalized spacial score (nSPS) is 21.8. The van der Waals surface area contributed by atoms with Crippen molar-refractivity contribution in [1.29, 1.82) is 0 Å². The van der Waals surface area contributed by atoms with Gasteiger partial charge in [-0.3, -0.25) is 0 Å². The Kier molecular flexibility index (Phi) is 6.04. The van der Waals surface area contributed by atoms with Gasteiger partial charge in [0.15, 0.2) is 0 Å². The SMILES string of the molecule is O=C(NC(C(=O)O)C1CCCCCC1O)OCC1c2ccccc2-c2ccccc21. The molecule has 1 amide bonds. The molecule has 0 saturated heterocycles. The van der Waals surface area contributed by atoms with Crippen LogP contribution < -0.4 is 5.32 Å². The van der Waals surface area contributed by atoms with E-state index in [4.69, 9.17) is 4.74 Å². The molecule has 6 heteroatoms. The fourth-order valence-electron chi connectivity index (χ4n) is 4.82. The molecule has 3 N–H and O–H groups in total. The van der Waals surface area contributed by atoms with Crippen molar-refractivity contribution in [3.63, 3.8) is 0 Å². The summed E-state index contributed by atoms with van der Waals surface area (Å²) in [6, 6.07) is 14.9. The monoisotopic (exact) mass is 409 g/mol. The van der Waals surface area contributed by atoms with Crippen LogP contribution >= 0.6 is 0 Å². The van der Waals surface area contributed by atoms with E-state index in [1.807, 2.05) is 36.4 Å². The zero-order valence-electron chi connectivity index (χ0n) is 16.8. The number of hydrogen-bond donors (Lipinski definition) is 3. The predicted molar refractivity (Wildman–Crippen MR) is 112 cm³/mol. The van der Waals surface area contributed by atoms with E-state index in [1.165, 1.54) is 0 Å². The van der Waals surface area contributed by atoms with Gasteiger partial charge in [-0.25, -0.2) is 9.59 Å². The summed E-state index contributed by atoms with van der Waals surface area (Å²) in [6.07, 6.45) is 2.31. The van der Waals surface area contributed by atoms with Crippen LogP contribution in [0.1, 0.15) is 49.1 Å². The quantitative estimate of drug-likeness (QED) is 0.651. The van der Waals surface area contributed by atoms with E-state index < -0.39 is 30.1 Å². The summed E-state index contributed by atoms with van der Waals surface area (Å²) in [7, 11) is 0. The van der Waals surface area contributed by atoms with Crippen molar-refractivity contribution in [1.82, 2.24) is 5.32 Å². The third-order valence-corrected chi connectivity index (χ3v) is 6.34. The van der Waals surface area contributed by atoms with E-state index in [2.05, 4.69) is 17.4 Å². The molecule has 3 atom stereocenters. The van der Waals surface area contributed by atoms with Gasteiger partial charge in [0.25, 0.3) is 0 Å². The van der Waals surface area contributed by atoms with Crippen LogP contribution in [0.5, 0.6) is 0 Å². The van der Waals surface area contributed by atoms with Crippen molar-refractivity contribution in [2.24, 2.45) is 5.92 Å². The maximum atomic E-state index is 12.5. The molecule has 0 spiro atoms. The van der Waals surface area contributed by atoms with Crippen molar-refractivity contribution in [2.45, 2.75) is 50.2 Å². The molecule has 0 radical (unpaired) electrons. The summed E-state index contributed by atoms with van der Waals surface area (Å²) in [4.78, 5) is 24.3. The molecule has 2 aliphatic rings. The number of carboxylic acid groups (broad SMARTS) is 1. The predicted octanol–water partition coefficient (Wildman–Crippen LogP) is 3.92. The van der Waals surface area contributed by atoms with Crippen molar-refractivity contribution in [2.75, 3.05) is 6.61 Å². The van der Waals surface area contributed by atoms with Crippen LogP contribution in [0.25, 0.3) is 11.1 Å². The molecule has 1 fully saturated rings. The first kappa shape index (κ1) is 20.4.